The monoisotopic (exact) mass is 414 g/mol. The number of carbonyl (C=O) groups is 1. The number of likely N-dealkylation sites (tertiary alicyclic amines) is 1. The number of hydrogen-bond donors (Lipinski definition) is 1. The zero-order valence-electron chi connectivity index (χ0n) is 17.4. The number of benzene rings is 1. The van der Waals surface area contributed by atoms with Crippen LogP contribution in [0.5, 0.6) is 5.75 Å². The van der Waals surface area contributed by atoms with Crippen LogP contribution in [0.15, 0.2) is 24.3 Å². The summed E-state index contributed by atoms with van der Waals surface area (Å²) in [6.45, 7) is 6.74. The van der Waals surface area contributed by atoms with Crippen molar-refractivity contribution in [1.29, 1.82) is 0 Å². The Morgan fingerprint density at radius 1 is 1.17 bits per heavy atom. The molecule has 0 bridgehead atoms. The van der Waals surface area contributed by atoms with E-state index in [1.165, 1.54) is 19.3 Å². The van der Waals surface area contributed by atoms with Gasteiger partial charge in [-0.1, -0.05) is 45.2 Å². The molecule has 0 spiro atoms. The Bertz CT molecular complexity index is 611. The van der Waals surface area contributed by atoms with Crippen LogP contribution in [0.4, 0.5) is 13.2 Å². The quantitative estimate of drug-likeness (QED) is 0.501. The van der Waals surface area contributed by atoms with Crippen molar-refractivity contribution in [2.45, 2.75) is 58.7 Å². The minimum atomic E-state index is -4.23. The van der Waals surface area contributed by atoms with Crippen molar-refractivity contribution in [2.75, 3.05) is 26.2 Å². The Balaban J connectivity index is 1.58. The minimum Gasteiger partial charge on any atom is -0.494 e. The molecule has 1 aromatic carbocycles. The Labute approximate surface area is 171 Å². The first-order valence-electron chi connectivity index (χ1n) is 10.5. The van der Waals surface area contributed by atoms with E-state index in [1.807, 2.05) is 24.3 Å². The summed E-state index contributed by atoms with van der Waals surface area (Å²) in [4.78, 5) is 13.9. The fraction of sp³-hybridized carbons (Fsp3) is 0.682. The number of amides is 1. The number of alkyl halides is 3. The molecule has 1 amide bonds. The zero-order valence-corrected chi connectivity index (χ0v) is 17.4. The van der Waals surface area contributed by atoms with E-state index >= 15 is 0 Å². The van der Waals surface area contributed by atoms with Gasteiger partial charge in [-0.05, 0) is 30.0 Å². The van der Waals surface area contributed by atoms with E-state index in [1.54, 1.807) is 0 Å². The number of nitrogens with zero attached hydrogens (tertiary/aromatic N) is 1. The lowest BCUT2D eigenvalue weighted by atomic mass is 9.98. The van der Waals surface area contributed by atoms with Gasteiger partial charge >= 0.3 is 6.18 Å². The summed E-state index contributed by atoms with van der Waals surface area (Å²) in [7, 11) is 0. The molecule has 29 heavy (non-hydrogen) atoms. The predicted octanol–water partition coefficient (Wildman–Crippen LogP) is 4.78. The van der Waals surface area contributed by atoms with Crippen molar-refractivity contribution in [2.24, 2.45) is 11.8 Å². The first-order chi connectivity index (χ1) is 13.7. The molecule has 0 radical (unpaired) electrons. The average molecular weight is 415 g/mol. The maximum Gasteiger partial charge on any atom is 0.390 e. The molecule has 0 unspecified atom stereocenters. The maximum atomic E-state index is 12.1. The number of ether oxygens (including phenoxy) is 1. The van der Waals surface area contributed by atoms with Gasteiger partial charge in [0.25, 0.3) is 0 Å². The molecule has 0 saturated carbocycles. The topological polar surface area (TPSA) is 41.6 Å². The van der Waals surface area contributed by atoms with Crippen LogP contribution in [0.25, 0.3) is 0 Å². The van der Waals surface area contributed by atoms with Crippen LogP contribution in [-0.4, -0.2) is 43.2 Å². The number of nitrogens with one attached hydrogen (secondary N) is 1. The zero-order chi connectivity index (χ0) is 21.3. The number of carbonyl (C=O) groups excluding carboxylic acids is 1. The molecule has 1 aromatic rings. The van der Waals surface area contributed by atoms with Gasteiger partial charge in [0, 0.05) is 26.2 Å². The molecule has 0 atom stereocenters. The molecule has 0 aliphatic carbocycles. The van der Waals surface area contributed by atoms with E-state index in [0.717, 1.165) is 36.8 Å². The van der Waals surface area contributed by atoms with Gasteiger partial charge < -0.3 is 10.1 Å². The third-order valence-electron chi connectivity index (χ3n) is 5.06. The summed E-state index contributed by atoms with van der Waals surface area (Å²) in [5, 5.41) is 2.37. The van der Waals surface area contributed by atoms with Gasteiger partial charge in [0.2, 0.25) is 5.91 Å². The molecule has 2 rings (SSSR count). The van der Waals surface area contributed by atoms with Gasteiger partial charge in [-0.15, -0.1) is 0 Å². The van der Waals surface area contributed by atoms with Crippen LogP contribution in [0.1, 0.15) is 51.5 Å². The number of unbranched alkanes of at least 4 members (excludes halogenated alkanes) is 2. The van der Waals surface area contributed by atoms with Crippen LogP contribution in [0.2, 0.25) is 0 Å². The standard InChI is InChI=1S/C22H33F3N2O2/c1-17(2)6-4-3-5-13-29-20-9-7-18(8-10-20)14-27-15-19(16-27)21(28)26-12-11-22(23,24)25/h7-10,17,19H,3-6,11-16H2,1-2H3,(H,26,28). The molecule has 7 heteroatoms. The van der Waals surface area contributed by atoms with E-state index in [0.29, 0.717) is 13.1 Å². The summed E-state index contributed by atoms with van der Waals surface area (Å²) < 4.78 is 42.1. The van der Waals surface area contributed by atoms with Crippen molar-refractivity contribution >= 4 is 5.91 Å². The third-order valence-corrected chi connectivity index (χ3v) is 5.06. The van der Waals surface area contributed by atoms with E-state index < -0.39 is 12.6 Å². The third kappa shape index (κ3) is 9.52. The van der Waals surface area contributed by atoms with E-state index in [2.05, 4.69) is 24.1 Å². The number of rotatable bonds is 12. The highest BCUT2D eigenvalue weighted by Gasteiger charge is 2.33. The summed E-state index contributed by atoms with van der Waals surface area (Å²) in [6, 6.07) is 7.96. The Morgan fingerprint density at radius 3 is 2.48 bits per heavy atom. The van der Waals surface area contributed by atoms with Crippen molar-refractivity contribution in [3.05, 3.63) is 29.8 Å². The highest BCUT2D eigenvalue weighted by Crippen LogP contribution is 2.22. The molecule has 0 aromatic heterocycles. The smallest absolute Gasteiger partial charge is 0.390 e. The van der Waals surface area contributed by atoms with Gasteiger partial charge in [-0.2, -0.15) is 13.2 Å². The molecule has 1 aliphatic rings. The Morgan fingerprint density at radius 2 is 1.86 bits per heavy atom. The van der Waals surface area contributed by atoms with Gasteiger partial charge in [0.15, 0.2) is 0 Å². The molecular formula is C22H33F3N2O2. The first kappa shape index (κ1) is 23.5. The predicted molar refractivity (Wildman–Crippen MR) is 108 cm³/mol. The molecule has 164 valence electrons. The number of hydrogen-bond acceptors (Lipinski definition) is 3. The SMILES string of the molecule is CC(C)CCCCCOc1ccc(CN2CC(C(=O)NCCC(F)(F)F)C2)cc1. The van der Waals surface area contributed by atoms with Crippen LogP contribution in [0.3, 0.4) is 0 Å². The van der Waals surface area contributed by atoms with Crippen molar-refractivity contribution in [3.63, 3.8) is 0 Å². The highest BCUT2D eigenvalue weighted by atomic mass is 19.4. The lowest BCUT2D eigenvalue weighted by molar-refractivity contribution is -0.138. The fourth-order valence-electron chi connectivity index (χ4n) is 3.31. The van der Waals surface area contributed by atoms with Gasteiger partial charge in [0.05, 0.1) is 18.9 Å². The Kier molecular flexibility index (Phi) is 9.27. The first-order valence-corrected chi connectivity index (χ1v) is 10.5. The van der Waals surface area contributed by atoms with Crippen LogP contribution in [0, 0.1) is 11.8 Å². The van der Waals surface area contributed by atoms with E-state index in [4.69, 9.17) is 4.74 Å². The minimum absolute atomic E-state index is 0.221. The lowest BCUT2D eigenvalue weighted by Gasteiger charge is -2.38. The van der Waals surface area contributed by atoms with Gasteiger partial charge in [-0.3, -0.25) is 9.69 Å². The summed E-state index contributed by atoms with van der Waals surface area (Å²) in [6.07, 6.45) is -0.451. The van der Waals surface area contributed by atoms with Crippen LogP contribution in [-0.2, 0) is 11.3 Å². The molecule has 1 heterocycles. The van der Waals surface area contributed by atoms with Crippen LogP contribution < -0.4 is 10.1 Å². The largest absolute Gasteiger partial charge is 0.494 e. The molecule has 1 N–H and O–H groups in total. The second-order valence-corrected chi connectivity index (χ2v) is 8.28. The summed E-state index contributed by atoms with van der Waals surface area (Å²) >= 11 is 0. The van der Waals surface area contributed by atoms with E-state index in [9.17, 15) is 18.0 Å². The Hall–Kier alpha value is -1.76. The summed E-state index contributed by atoms with van der Waals surface area (Å²) in [5.41, 5.74) is 1.13. The number of halogens is 3. The molecule has 1 saturated heterocycles. The lowest BCUT2D eigenvalue weighted by Crippen LogP contribution is -2.53. The van der Waals surface area contributed by atoms with Gasteiger partial charge in [0.1, 0.15) is 5.75 Å². The van der Waals surface area contributed by atoms with Gasteiger partial charge in [-0.25, -0.2) is 0 Å². The fourth-order valence-corrected chi connectivity index (χ4v) is 3.31. The average Bonchev–Trinajstić information content (AvgIpc) is 2.60. The second-order valence-electron chi connectivity index (χ2n) is 8.28. The summed E-state index contributed by atoms with van der Waals surface area (Å²) in [5.74, 6) is 1.11. The van der Waals surface area contributed by atoms with E-state index in [-0.39, 0.29) is 18.4 Å². The highest BCUT2D eigenvalue weighted by molar-refractivity contribution is 5.79. The van der Waals surface area contributed by atoms with Crippen molar-refractivity contribution in [1.82, 2.24) is 10.2 Å². The second kappa shape index (κ2) is 11.4. The molecule has 1 fully saturated rings. The molecule has 4 nitrogen and oxygen atoms in total. The van der Waals surface area contributed by atoms with Crippen LogP contribution >= 0.6 is 0 Å². The van der Waals surface area contributed by atoms with Crippen molar-refractivity contribution in [3.8, 4) is 5.75 Å². The maximum absolute atomic E-state index is 12.1. The molecule has 1 aliphatic heterocycles. The van der Waals surface area contributed by atoms with Crippen molar-refractivity contribution < 1.29 is 22.7 Å². The normalized spacial score (nSPS) is 15.4. The molecular weight excluding hydrogens is 381 g/mol.